The molecule has 0 aliphatic rings. The van der Waals surface area contributed by atoms with Gasteiger partial charge >= 0.3 is 0 Å². The molecule has 3 rings (SSSR count). The third-order valence-corrected chi connectivity index (χ3v) is 4.90. The third-order valence-electron chi connectivity index (χ3n) is 4.65. The van der Waals surface area contributed by atoms with Crippen LogP contribution >= 0.6 is 11.6 Å². The monoisotopic (exact) mass is 381 g/mol. The Morgan fingerprint density at radius 3 is 2.26 bits per heavy atom. The minimum Gasteiger partial charge on any atom is -0.461 e. The van der Waals surface area contributed by atoms with Gasteiger partial charge in [0.2, 0.25) is 5.91 Å². The van der Waals surface area contributed by atoms with Crippen LogP contribution in [0.3, 0.4) is 0 Å². The number of carbonyl (C=O) groups excluding carboxylic acids is 1. The van der Waals surface area contributed by atoms with E-state index in [1.807, 2.05) is 36.4 Å². The SMILES string of the molecule is CCc1cccc(CC)c1NC(=O)CCc1ccc(-c2ccc(Cl)cc2)o1. The normalized spacial score (nSPS) is 10.8. The Morgan fingerprint density at radius 2 is 1.63 bits per heavy atom. The number of furan rings is 1. The van der Waals surface area contributed by atoms with Gasteiger partial charge in [-0.25, -0.2) is 0 Å². The maximum absolute atomic E-state index is 12.5. The van der Waals surface area contributed by atoms with E-state index in [-0.39, 0.29) is 5.91 Å². The highest BCUT2D eigenvalue weighted by molar-refractivity contribution is 6.30. The standard InChI is InChI=1S/C23H24ClNO2/c1-3-16-6-5-7-17(4-2)23(16)25-22(26)15-13-20-12-14-21(27-20)18-8-10-19(24)11-9-18/h5-12,14H,3-4,13,15H2,1-2H3,(H,25,26). The summed E-state index contributed by atoms with van der Waals surface area (Å²) < 4.78 is 5.88. The molecule has 0 aliphatic carbocycles. The molecule has 2 aromatic carbocycles. The van der Waals surface area contributed by atoms with E-state index in [0.29, 0.717) is 17.9 Å². The van der Waals surface area contributed by atoms with Gasteiger partial charge in [-0.3, -0.25) is 4.79 Å². The van der Waals surface area contributed by atoms with Crippen LogP contribution in [0.4, 0.5) is 5.69 Å². The lowest BCUT2D eigenvalue weighted by atomic mass is 10.0. The second-order valence-electron chi connectivity index (χ2n) is 6.48. The van der Waals surface area contributed by atoms with E-state index < -0.39 is 0 Å². The van der Waals surface area contributed by atoms with Gasteiger partial charge in [0.1, 0.15) is 11.5 Å². The first-order valence-corrected chi connectivity index (χ1v) is 9.73. The average Bonchev–Trinajstić information content (AvgIpc) is 3.16. The summed E-state index contributed by atoms with van der Waals surface area (Å²) in [6.07, 6.45) is 2.74. The van der Waals surface area contributed by atoms with E-state index >= 15 is 0 Å². The minimum atomic E-state index is 0.00930. The van der Waals surface area contributed by atoms with Crippen molar-refractivity contribution >= 4 is 23.2 Å². The second kappa shape index (κ2) is 8.92. The number of hydrogen-bond donors (Lipinski definition) is 1. The van der Waals surface area contributed by atoms with Crippen molar-refractivity contribution in [3.8, 4) is 11.3 Å². The van der Waals surface area contributed by atoms with E-state index in [2.05, 4.69) is 37.4 Å². The number of hydrogen-bond acceptors (Lipinski definition) is 2. The fourth-order valence-electron chi connectivity index (χ4n) is 3.12. The van der Waals surface area contributed by atoms with Crippen molar-refractivity contribution in [2.24, 2.45) is 0 Å². The molecule has 140 valence electrons. The molecule has 3 aromatic rings. The van der Waals surface area contributed by atoms with E-state index in [1.54, 1.807) is 0 Å². The molecular weight excluding hydrogens is 358 g/mol. The first-order valence-electron chi connectivity index (χ1n) is 9.36. The maximum Gasteiger partial charge on any atom is 0.224 e. The predicted molar refractivity (Wildman–Crippen MR) is 111 cm³/mol. The van der Waals surface area contributed by atoms with Crippen LogP contribution in [0.1, 0.15) is 37.2 Å². The van der Waals surface area contributed by atoms with E-state index in [9.17, 15) is 4.79 Å². The van der Waals surface area contributed by atoms with Crippen LogP contribution in [0.15, 0.2) is 59.0 Å². The van der Waals surface area contributed by atoms with Crippen molar-refractivity contribution in [2.45, 2.75) is 39.5 Å². The molecule has 0 spiro atoms. The Kier molecular flexibility index (Phi) is 6.36. The summed E-state index contributed by atoms with van der Waals surface area (Å²) in [4.78, 5) is 12.5. The van der Waals surface area contributed by atoms with Crippen molar-refractivity contribution in [3.05, 3.63) is 76.5 Å². The van der Waals surface area contributed by atoms with E-state index in [0.717, 1.165) is 35.6 Å². The Bertz CT molecular complexity index is 890. The molecule has 0 saturated heterocycles. The van der Waals surface area contributed by atoms with Gasteiger partial charge in [0, 0.05) is 29.1 Å². The van der Waals surface area contributed by atoms with Gasteiger partial charge in [0.15, 0.2) is 0 Å². The number of aryl methyl sites for hydroxylation is 3. The van der Waals surface area contributed by atoms with Gasteiger partial charge in [0.05, 0.1) is 0 Å². The first kappa shape index (κ1) is 19.2. The largest absolute Gasteiger partial charge is 0.461 e. The summed E-state index contributed by atoms with van der Waals surface area (Å²) in [5.41, 5.74) is 4.28. The maximum atomic E-state index is 12.5. The Labute approximate surface area is 165 Å². The van der Waals surface area contributed by atoms with Gasteiger partial charge in [-0.05, 0) is 60.4 Å². The average molecular weight is 382 g/mol. The van der Waals surface area contributed by atoms with Crippen molar-refractivity contribution < 1.29 is 9.21 Å². The number of amides is 1. The number of anilines is 1. The molecule has 0 radical (unpaired) electrons. The zero-order valence-corrected chi connectivity index (χ0v) is 16.5. The second-order valence-corrected chi connectivity index (χ2v) is 6.92. The summed E-state index contributed by atoms with van der Waals surface area (Å²) >= 11 is 5.92. The third kappa shape index (κ3) is 4.81. The zero-order chi connectivity index (χ0) is 19.2. The van der Waals surface area contributed by atoms with Gasteiger partial charge in [-0.15, -0.1) is 0 Å². The molecule has 0 saturated carbocycles. The number of rotatable bonds is 7. The highest BCUT2D eigenvalue weighted by atomic mass is 35.5. The molecule has 0 unspecified atom stereocenters. The van der Waals surface area contributed by atoms with Crippen LogP contribution in [0.2, 0.25) is 5.02 Å². The topological polar surface area (TPSA) is 42.2 Å². The van der Waals surface area contributed by atoms with Crippen LogP contribution in [-0.2, 0) is 24.1 Å². The zero-order valence-electron chi connectivity index (χ0n) is 15.7. The number of para-hydroxylation sites is 1. The molecule has 0 bridgehead atoms. The molecule has 1 amide bonds. The van der Waals surface area contributed by atoms with Crippen LogP contribution in [0.25, 0.3) is 11.3 Å². The highest BCUT2D eigenvalue weighted by Gasteiger charge is 2.12. The smallest absolute Gasteiger partial charge is 0.224 e. The Hall–Kier alpha value is -2.52. The molecule has 0 atom stereocenters. The number of halogens is 1. The molecule has 1 heterocycles. The van der Waals surface area contributed by atoms with Gasteiger partial charge in [-0.2, -0.15) is 0 Å². The van der Waals surface area contributed by atoms with Crippen molar-refractivity contribution in [2.75, 3.05) is 5.32 Å². The summed E-state index contributed by atoms with van der Waals surface area (Å²) in [5, 5.41) is 3.80. The molecule has 1 N–H and O–H groups in total. The fraction of sp³-hybridized carbons (Fsp3) is 0.261. The number of nitrogens with one attached hydrogen (secondary N) is 1. The Morgan fingerprint density at radius 1 is 0.963 bits per heavy atom. The summed E-state index contributed by atoms with van der Waals surface area (Å²) in [7, 11) is 0. The van der Waals surface area contributed by atoms with Crippen LogP contribution in [0.5, 0.6) is 0 Å². The number of benzene rings is 2. The van der Waals surface area contributed by atoms with Crippen molar-refractivity contribution in [1.82, 2.24) is 0 Å². The van der Waals surface area contributed by atoms with Gasteiger partial charge in [0.25, 0.3) is 0 Å². The quantitative estimate of drug-likeness (QED) is 0.522. The predicted octanol–water partition coefficient (Wildman–Crippen LogP) is 6.30. The lowest BCUT2D eigenvalue weighted by molar-refractivity contribution is -0.116. The van der Waals surface area contributed by atoms with Crippen molar-refractivity contribution in [3.63, 3.8) is 0 Å². The van der Waals surface area contributed by atoms with Crippen LogP contribution in [-0.4, -0.2) is 5.91 Å². The Balaban J connectivity index is 1.63. The van der Waals surface area contributed by atoms with E-state index in [4.69, 9.17) is 16.0 Å². The molecule has 27 heavy (non-hydrogen) atoms. The van der Waals surface area contributed by atoms with Crippen LogP contribution < -0.4 is 5.32 Å². The number of carbonyl (C=O) groups is 1. The molecule has 4 heteroatoms. The van der Waals surface area contributed by atoms with Gasteiger partial charge < -0.3 is 9.73 Å². The molecule has 1 aromatic heterocycles. The lowest BCUT2D eigenvalue weighted by Gasteiger charge is -2.14. The lowest BCUT2D eigenvalue weighted by Crippen LogP contribution is -2.15. The molecule has 0 aliphatic heterocycles. The van der Waals surface area contributed by atoms with Gasteiger partial charge in [-0.1, -0.05) is 43.6 Å². The fourth-order valence-corrected chi connectivity index (χ4v) is 3.25. The minimum absolute atomic E-state index is 0.00930. The molecular formula is C23H24ClNO2. The van der Waals surface area contributed by atoms with E-state index in [1.165, 1.54) is 11.1 Å². The molecule has 3 nitrogen and oxygen atoms in total. The highest BCUT2D eigenvalue weighted by Crippen LogP contribution is 2.25. The summed E-state index contributed by atoms with van der Waals surface area (Å²) in [6.45, 7) is 4.21. The first-order chi connectivity index (χ1) is 13.1. The summed E-state index contributed by atoms with van der Waals surface area (Å²) in [5.74, 6) is 1.59. The van der Waals surface area contributed by atoms with Crippen molar-refractivity contribution in [1.29, 1.82) is 0 Å². The molecule has 0 fully saturated rings. The summed E-state index contributed by atoms with van der Waals surface area (Å²) in [6, 6.07) is 17.6. The van der Waals surface area contributed by atoms with Crippen LogP contribution in [0, 0.1) is 0 Å².